The van der Waals surface area contributed by atoms with E-state index in [-0.39, 0.29) is 5.91 Å². The molecule has 190 valence electrons. The maximum absolute atomic E-state index is 12.0. The first kappa shape index (κ1) is 24.6. The van der Waals surface area contributed by atoms with Gasteiger partial charge in [0.25, 0.3) is 0 Å². The number of hydrogen-bond donors (Lipinski definition) is 1. The number of aromatic nitrogens is 4. The molecule has 37 heavy (non-hydrogen) atoms. The molecule has 1 aliphatic heterocycles. The van der Waals surface area contributed by atoms with Crippen molar-refractivity contribution < 1.29 is 9.53 Å². The van der Waals surface area contributed by atoms with Gasteiger partial charge in [-0.15, -0.1) is 0 Å². The fraction of sp³-hybridized carbons (Fsp3) is 0.310. The Bertz CT molecular complexity index is 1350. The van der Waals surface area contributed by atoms with E-state index in [9.17, 15) is 4.79 Å². The summed E-state index contributed by atoms with van der Waals surface area (Å²) < 4.78 is 8.11. The highest BCUT2D eigenvalue weighted by molar-refractivity contribution is 5.82. The topological polar surface area (TPSA) is 85.2 Å². The van der Waals surface area contributed by atoms with Gasteiger partial charge < -0.3 is 10.1 Å². The van der Waals surface area contributed by atoms with Crippen LogP contribution in [0.1, 0.15) is 36.6 Å². The van der Waals surface area contributed by atoms with Crippen LogP contribution in [0.4, 0.5) is 0 Å². The summed E-state index contributed by atoms with van der Waals surface area (Å²) in [5, 5.41) is 7.63. The molecule has 2 aromatic carbocycles. The Kier molecular flexibility index (Phi) is 7.28. The standard InChI is InChI=1S/C29H32N6O2/c1-20(2)22-6-4-21(5-7-22)18-37-24-10-8-23(9-11-24)28-26-16-34(17-27(36)30-3)14-15-35(26)33-29(28)25-12-13-31-19-32-25/h4-13,19-20H,14-18H2,1-3H3,(H,30,36). The minimum Gasteiger partial charge on any atom is -0.489 e. The molecule has 0 unspecified atom stereocenters. The van der Waals surface area contributed by atoms with E-state index in [1.807, 2.05) is 22.9 Å². The van der Waals surface area contributed by atoms with E-state index in [0.29, 0.717) is 32.2 Å². The fourth-order valence-electron chi connectivity index (χ4n) is 4.58. The molecule has 8 heteroatoms. The second-order valence-electron chi connectivity index (χ2n) is 9.58. The maximum Gasteiger partial charge on any atom is 0.233 e. The minimum absolute atomic E-state index is 0.00545. The molecule has 0 fully saturated rings. The van der Waals surface area contributed by atoms with Crippen LogP contribution >= 0.6 is 0 Å². The molecule has 0 saturated carbocycles. The van der Waals surface area contributed by atoms with E-state index in [0.717, 1.165) is 46.1 Å². The Morgan fingerprint density at radius 2 is 1.84 bits per heavy atom. The summed E-state index contributed by atoms with van der Waals surface area (Å²) in [6.07, 6.45) is 3.27. The van der Waals surface area contributed by atoms with Gasteiger partial charge in [-0.3, -0.25) is 14.4 Å². The summed E-state index contributed by atoms with van der Waals surface area (Å²) in [5.74, 6) is 1.33. The van der Waals surface area contributed by atoms with Crippen molar-refractivity contribution in [2.75, 3.05) is 20.1 Å². The number of hydrogen-bond acceptors (Lipinski definition) is 6. The zero-order valence-electron chi connectivity index (χ0n) is 21.5. The highest BCUT2D eigenvalue weighted by Crippen LogP contribution is 2.36. The molecule has 0 radical (unpaired) electrons. The van der Waals surface area contributed by atoms with E-state index in [4.69, 9.17) is 9.84 Å². The summed E-state index contributed by atoms with van der Waals surface area (Å²) in [7, 11) is 1.67. The van der Waals surface area contributed by atoms with Crippen molar-refractivity contribution in [2.45, 2.75) is 39.5 Å². The third-order valence-electron chi connectivity index (χ3n) is 6.72. The Labute approximate surface area is 217 Å². The molecule has 0 bridgehead atoms. The molecule has 3 heterocycles. The predicted octanol–water partition coefficient (Wildman–Crippen LogP) is 4.27. The van der Waals surface area contributed by atoms with Crippen molar-refractivity contribution >= 4 is 5.91 Å². The molecule has 1 aliphatic rings. The molecular weight excluding hydrogens is 464 g/mol. The Morgan fingerprint density at radius 3 is 2.51 bits per heavy atom. The van der Waals surface area contributed by atoms with E-state index in [1.165, 1.54) is 5.56 Å². The number of nitrogens with zero attached hydrogens (tertiary/aromatic N) is 5. The van der Waals surface area contributed by atoms with Crippen molar-refractivity contribution in [2.24, 2.45) is 0 Å². The molecule has 2 aromatic heterocycles. The zero-order chi connectivity index (χ0) is 25.8. The lowest BCUT2D eigenvalue weighted by Crippen LogP contribution is -2.40. The molecule has 1 amide bonds. The smallest absolute Gasteiger partial charge is 0.233 e. The van der Waals surface area contributed by atoms with Gasteiger partial charge in [-0.2, -0.15) is 5.10 Å². The molecule has 4 aromatic rings. The van der Waals surface area contributed by atoms with Gasteiger partial charge in [0, 0.05) is 31.9 Å². The summed E-state index contributed by atoms with van der Waals surface area (Å²) in [6, 6.07) is 18.6. The fourth-order valence-corrected chi connectivity index (χ4v) is 4.58. The number of rotatable bonds is 8. The summed E-state index contributed by atoms with van der Waals surface area (Å²) >= 11 is 0. The van der Waals surface area contributed by atoms with Crippen molar-refractivity contribution in [3.63, 3.8) is 0 Å². The summed E-state index contributed by atoms with van der Waals surface area (Å²) in [4.78, 5) is 22.7. The number of carbonyl (C=O) groups excluding carboxylic acids is 1. The van der Waals surface area contributed by atoms with Gasteiger partial charge in [-0.05, 0) is 40.8 Å². The van der Waals surface area contributed by atoms with Crippen LogP contribution in [0, 0.1) is 0 Å². The van der Waals surface area contributed by atoms with E-state index in [2.05, 4.69) is 70.4 Å². The normalized spacial score (nSPS) is 13.4. The first-order chi connectivity index (χ1) is 18.0. The highest BCUT2D eigenvalue weighted by atomic mass is 16.5. The molecule has 1 N–H and O–H groups in total. The second kappa shape index (κ2) is 10.9. The number of fused-ring (bicyclic) bond motifs is 1. The number of likely N-dealkylation sites (N-methyl/N-ethyl adjacent to an activating group) is 1. The SMILES string of the molecule is CNC(=O)CN1CCn2nc(-c3ccncn3)c(-c3ccc(OCc4ccc(C(C)C)cc4)cc3)c2C1. The van der Waals surface area contributed by atoms with E-state index < -0.39 is 0 Å². The van der Waals surface area contributed by atoms with Crippen LogP contribution in [0.2, 0.25) is 0 Å². The molecule has 0 atom stereocenters. The van der Waals surface area contributed by atoms with Gasteiger partial charge in [-0.25, -0.2) is 9.97 Å². The summed E-state index contributed by atoms with van der Waals surface area (Å²) in [5.41, 5.74) is 7.18. The van der Waals surface area contributed by atoms with Gasteiger partial charge in [0.15, 0.2) is 0 Å². The van der Waals surface area contributed by atoms with Gasteiger partial charge >= 0.3 is 0 Å². The number of carbonyl (C=O) groups is 1. The lowest BCUT2D eigenvalue weighted by atomic mass is 10.00. The summed E-state index contributed by atoms with van der Waals surface area (Å²) in [6.45, 7) is 7.36. The van der Waals surface area contributed by atoms with Gasteiger partial charge in [-0.1, -0.05) is 50.2 Å². The zero-order valence-corrected chi connectivity index (χ0v) is 21.5. The monoisotopic (exact) mass is 496 g/mol. The Balaban J connectivity index is 1.40. The average Bonchev–Trinajstić information content (AvgIpc) is 3.31. The third kappa shape index (κ3) is 5.54. The first-order valence-electron chi connectivity index (χ1n) is 12.6. The van der Waals surface area contributed by atoms with Crippen LogP contribution in [0.3, 0.4) is 0 Å². The Morgan fingerprint density at radius 1 is 1.05 bits per heavy atom. The minimum atomic E-state index is 0.00545. The van der Waals surface area contributed by atoms with Crippen molar-refractivity contribution in [1.29, 1.82) is 0 Å². The van der Waals surface area contributed by atoms with Crippen molar-refractivity contribution in [3.8, 4) is 28.3 Å². The Hall–Kier alpha value is -4.04. The number of ether oxygens (including phenoxy) is 1. The van der Waals surface area contributed by atoms with E-state index in [1.54, 1.807) is 19.6 Å². The van der Waals surface area contributed by atoms with Gasteiger partial charge in [0.2, 0.25) is 5.91 Å². The molecule has 8 nitrogen and oxygen atoms in total. The second-order valence-corrected chi connectivity index (χ2v) is 9.58. The lowest BCUT2D eigenvalue weighted by Gasteiger charge is -2.27. The number of amides is 1. The molecule has 0 aliphatic carbocycles. The third-order valence-corrected chi connectivity index (χ3v) is 6.72. The largest absolute Gasteiger partial charge is 0.489 e. The number of benzene rings is 2. The van der Waals surface area contributed by atoms with Crippen LogP contribution in [-0.2, 0) is 24.5 Å². The average molecular weight is 497 g/mol. The van der Waals surface area contributed by atoms with E-state index >= 15 is 0 Å². The molecule has 0 spiro atoms. The van der Waals surface area contributed by atoms with Crippen molar-refractivity contribution in [1.82, 2.24) is 30.0 Å². The molecule has 0 saturated heterocycles. The van der Waals surface area contributed by atoms with Gasteiger partial charge in [0.05, 0.1) is 24.5 Å². The lowest BCUT2D eigenvalue weighted by molar-refractivity contribution is -0.122. The molecular formula is C29H32N6O2. The van der Waals surface area contributed by atoms with Crippen LogP contribution < -0.4 is 10.1 Å². The predicted molar refractivity (Wildman–Crippen MR) is 143 cm³/mol. The van der Waals surface area contributed by atoms with Gasteiger partial charge in [0.1, 0.15) is 24.4 Å². The molecule has 5 rings (SSSR count). The quantitative estimate of drug-likeness (QED) is 0.392. The maximum atomic E-state index is 12.0. The van der Waals surface area contributed by atoms with Crippen LogP contribution in [0.5, 0.6) is 5.75 Å². The van der Waals surface area contributed by atoms with Crippen LogP contribution in [0.25, 0.3) is 22.5 Å². The highest BCUT2D eigenvalue weighted by Gasteiger charge is 2.27. The van der Waals surface area contributed by atoms with Crippen LogP contribution in [0.15, 0.2) is 67.1 Å². The van der Waals surface area contributed by atoms with Crippen molar-refractivity contribution in [3.05, 3.63) is 83.9 Å². The first-order valence-corrected chi connectivity index (χ1v) is 12.6. The van der Waals surface area contributed by atoms with Crippen LogP contribution in [-0.4, -0.2) is 50.7 Å². The number of nitrogens with one attached hydrogen (secondary N) is 1.